The maximum atomic E-state index is 12.9. The van der Waals surface area contributed by atoms with Crippen LogP contribution in [0.1, 0.15) is 21.7 Å². The molecule has 0 saturated carbocycles. The molecule has 0 aliphatic carbocycles. The molecule has 4 rings (SSSR count). The van der Waals surface area contributed by atoms with Crippen LogP contribution in [0.15, 0.2) is 94.3 Å². The van der Waals surface area contributed by atoms with E-state index in [0.29, 0.717) is 22.7 Å². The van der Waals surface area contributed by atoms with Crippen molar-refractivity contribution in [1.82, 2.24) is 9.46 Å². The van der Waals surface area contributed by atoms with E-state index in [1.165, 1.54) is 23.5 Å². The molecule has 0 radical (unpaired) electrons. The van der Waals surface area contributed by atoms with Gasteiger partial charge < -0.3 is 9.84 Å². The van der Waals surface area contributed by atoms with Gasteiger partial charge in [-0.15, -0.1) is 0 Å². The quantitative estimate of drug-likeness (QED) is 0.430. The van der Waals surface area contributed by atoms with Gasteiger partial charge in [-0.1, -0.05) is 65.8 Å². The van der Waals surface area contributed by atoms with Crippen LogP contribution < -0.4 is 5.32 Å². The number of nitrogens with zero attached hydrogens (tertiary/aromatic N) is 2. The lowest BCUT2D eigenvalue weighted by molar-refractivity contribution is 0.102. The van der Waals surface area contributed by atoms with Crippen LogP contribution in [0.25, 0.3) is 11.3 Å². The van der Waals surface area contributed by atoms with Crippen LogP contribution in [-0.4, -0.2) is 30.8 Å². The molecule has 0 aliphatic rings. The number of aromatic nitrogens is 1. The number of aryl methyl sites for hydroxylation is 1. The number of sulfonamides is 1. The van der Waals surface area contributed by atoms with E-state index in [9.17, 15) is 13.2 Å². The van der Waals surface area contributed by atoms with Gasteiger partial charge in [0, 0.05) is 24.8 Å². The Balaban J connectivity index is 1.50. The Morgan fingerprint density at radius 2 is 1.55 bits per heavy atom. The summed E-state index contributed by atoms with van der Waals surface area (Å²) < 4.78 is 32.4. The predicted octanol–water partition coefficient (Wildman–Crippen LogP) is 4.72. The molecular weight excluding hydrogens is 438 g/mol. The molecule has 168 valence electrons. The zero-order valence-electron chi connectivity index (χ0n) is 18.2. The van der Waals surface area contributed by atoms with Gasteiger partial charge in [-0.25, -0.2) is 8.42 Å². The molecule has 0 saturated heterocycles. The van der Waals surface area contributed by atoms with E-state index < -0.39 is 10.0 Å². The van der Waals surface area contributed by atoms with E-state index in [0.717, 1.165) is 11.1 Å². The lowest BCUT2D eigenvalue weighted by atomic mass is 10.1. The third kappa shape index (κ3) is 4.87. The summed E-state index contributed by atoms with van der Waals surface area (Å²) in [5.74, 6) is 0.0116. The predicted molar refractivity (Wildman–Crippen MR) is 126 cm³/mol. The second-order valence-corrected chi connectivity index (χ2v) is 9.60. The molecule has 0 spiro atoms. The summed E-state index contributed by atoms with van der Waals surface area (Å²) >= 11 is 0. The number of rotatable bonds is 7. The van der Waals surface area contributed by atoms with E-state index in [1.54, 1.807) is 19.1 Å². The molecule has 1 N–H and O–H groups in total. The minimum atomic E-state index is -3.68. The van der Waals surface area contributed by atoms with Crippen LogP contribution in [0, 0.1) is 6.92 Å². The second-order valence-electron chi connectivity index (χ2n) is 7.55. The summed E-state index contributed by atoms with van der Waals surface area (Å²) in [4.78, 5) is 13.1. The highest BCUT2D eigenvalue weighted by Gasteiger charge is 2.23. The number of nitrogens with one attached hydrogen (secondary N) is 1. The minimum Gasteiger partial charge on any atom is -0.360 e. The van der Waals surface area contributed by atoms with Crippen molar-refractivity contribution in [2.75, 3.05) is 12.4 Å². The lowest BCUT2D eigenvalue weighted by Crippen LogP contribution is -2.26. The van der Waals surface area contributed by atoms with Crippen molar-refractivity contribution in [3.63, 3.8) is 0 Å². The van der Waals surface area contributed by atoms with Crippen LogP contribution in [-0.2, 0) is 16.6 Å². The molecular formula is C25H23N3O4S. The number of carbonyl (C=O) groups is 1. The highest BCUT2D eigenvalue weighted by Crippen LogP contribution is 2.26. The first kappa shape index (κ1) is 22.4. The SMILES string of the molecule is Cc1onc(-c2ccccc2)c1C(=O)Nc1ccc(S(=O)(=O)N(C)Cc2ccccc2)cc1. The van der Waals surface area contributed by atoms with E-state index >= 15 is 0 Å². The summed E-state index contributed by atoms with van der Waals surface area (Å²) in [6.45, 7) is 1.93. The number of carbonyl (C=O) groups excluding carboxylic acids is 1. The Kier molecular flexibility index (Phi) is 6.39. The maximum Gasteiger partial charge on any atom is 0.261 e. The fourth-order valence-electron chi connectivity index (χ4n) is 3.44. The van der Waals surface area contributed by atoms with E-state index in [1.807, 2.05) is 60.7 Å². The van der Waals surface area contributed by atoms with Crippen molar-refractivity contribution < 1.29 is 17.7 Å². The molecule has 3 aromatic carbocycles. The molecule has 0 fully saturated rings. The molecule has 4 aromatic rings. The second kappa shape index (κ2) is 9.40. The number of amides is 1. The lowest BCUT2D eigenvalue weighted by Gasteiger charge is -2.17. The first-order valence-electron chi connectivity index (χ1n) is 10.3. The van der Waals surface area contributed by atoms with Gasteiger partial charge in [-0.3, -0.25) is 4.79 Å². The minimum absolute atomic E-state index is 0.144. The van der Waals surface area contributed by atoms with E-state index in [-0.39, 0.29) is 17.3 Å². The van der Waals surface area contributed by atoms with Gasteiger partial charge in [0.2, 0.25) is 10.0 Å². The molecule has 0 unspecified atom stereocenters. The van der Waals surface area contributed by atoms with Gasteiger partial charge in [-0.05, 0) is 36.8 Å². The van der Waals surface area contributed by atoms with Gasteiger partial charge in [0.05, 0.1) is 4.90 Å². The van der Waals surface area contributed by atoms with E-state index in [4.69, 9.17) is 4.52 Å². The van der Waals surface area contributed by atoms with Crippen molar-refractivity contribution in [2.45, 2.75) is 18.4 Å². The Bertz CT molecular complexity index is 1350. The monoisotopic (exact) mass is 461 g/mol. The standard InChI is InChI=1S/C25H23N3O4S/c1-18-23(24(27-32-18)20-11-7-4-8-12-20)25(29)26-21-13-15-22(16-14-21)33(30,31)28(2)17-19-9-5-3-6-10-19/h3-16H,17H2,1-2H3,(H,26,29). The average molecular weight is 462 g/mol. The zero-order chi connectivity index (χ0) is 23.4. The number of anilines is 1. The van der Waals surface area contributed by atoms with Crippen LogP contribution in [0.2, 0.25) is 0 Å². The molecule has 0 aliphatic heterocycles. The van der Waals surface area contributed by atoms with Gasteiger partial charge >= 0.3 is 0 Å². The van der Waals surface area contributed by atoms with Crippen LogP contribution >= 0.6 is 0 Å². The normalized spacial score (nSPS) is 11.5. The van der Waals surface area contributed by atoms with Crippen molar-refractivity contribution in [3.05, 3.63) is 102 Å². The molecule has 1 amide bonds. The summed E-state index contributed by atoms with van der Waals surface area (Å²) in [5.41, 5.74) is 2.91. The molecule has 1 heterocycles. The fraction of sp³-hybridized carbons (Fsp3) is 0.120. The molecule has 0 bridgehead atoms. The summed E-state index contributed by atoms with van der Waals surface area (Å²) in [5, 5.41) is 6.82. The first-order chi connectivity index (χ1) is 15.9. The Morgan fingerprint density at radius 1 is 0.939 bits per heavy atom. The topological polar surface area (TPSA) is 92.5 Å². The largest absolute Gasteiger partial charge is 0.360 e. The highest BCUT2D eigenvalue weighted by atomic mass is 32.2. The molecule has 8 heteroatoms. The first-order valence-corrected chi connectivity index (χ1v) is 11.7. The third-order valence-corrected chi connectivity index (χ3v) is 7.02. The smallest absolute Gasteiger partial charge is 0.261 e. The number of benzene rings is 3. The third-order valence-electron chi connectivity index (χ3n) is 5.21. The molecule has 33 heavy (non-hydrogen) atoms. The van der Waals surface area contributed by atoms with Crippen molar-refractivity contribution in [1.29, 1.82) is 0 Å². The number of hydrogen-bond donors (Lipinski definition) is 1. The van der Waals surface area contributed by atoms with Crippen LogP contribution in [0.5, 0.6) is 0 Å². The van der Waals surface area contributed by atoms with Gasteiger partial charge in [-0.2, -0.15) is 4.31 Å². The summed E-state index contributed by atoms with van der Waals surface area (Å²) in [6.07, 6.45) is 0. The highest BCUT2D eigenvalue weighted by molar-refractivity contribution is 7.89. The van der Waals surface area contributed by atoms with Crippen molar-refractivity contribution >= 4 is 21.6 Å². The Hall–Kier alpha value is -3.75. The van der Waals surface area contributed by atoms with Gasteiger partial charge in [0.1, 0.15) is 17.0 Å². The Morgan fingerprint density at radius 3 is 2.18 bits per heavy atom. The van der Waals surface area contributed by atoms with Crippen LogP contribution in [0.3, 0.4) is 0 Å². The molecule has 1 aromatic heterocycles. The zero-order valence-corrected chi connectivity index (χ0v) is 19.0. The molecule has 0 atom stereocenters. The van der Waals surface area contributed by atoms with Crippen molar-refractivity contribution in [2.24, 2.45) is 0 Å². The van der Waals surface area contributed by atoms with E-state index in [2.05, 4.69) is 10.5 Å². The number of hydrogen-bond acceptors (Lipinski definition) is 5. The summed E-state index contributed by atoms with van der Waals surface area (Å²) in [6, 6.07) is 24.7. The van der Waals surface area contributed by atoms with Gasteiger partial charge in [0.15, 0.2) is 0 Å². The van der Waals surface area contributed by atoms with Gasteiger partial charge in [0.25, 0.3) is 5.91 Å². The Labute approximate surface area is 192 Å². The average Bonchev–Trinajstić information content (AvgIpc) is 3.22. The molecule has 7 nitrogen and oxygen atoms in total. The fourth-order valence-corrected chi connectivity index (χ4v) is 4.60. The van der Waals surface area contributed by atoms with Crippen molar-refractivity contribution in [3.8, 4) is 11.3 Å². The maximum absolute atomic E-state index is 12.9. The van der Waals surface area contributed by atoms with Crippen LogP contribution in [0.4, 0.5) is 5.69 Å². The summed E-state index contributed by atoms with van der Waals surface area (Å²) in [7, 11) is -2.14.